The number of H-pyrrole nitrogens is 1. The predicted molar refractivity (Wildman–Crippen MR) is 92.6 cm³/mol. The van der Waals surface area contributed by atoms with E-state index in [-0.39, 0.29) is 17.0 Å². The summed E-state index contributed by atoms with van der Waals surface area (Å²) in [4.78, 5) is 33.4. The minimum absolute atomic E-state index is 0.167. The number of nitrogens with zero attached hydrogens (tertiary/aromatic N) is 2. The Morgan fingerprint density at radius 1 is 1.25 bits per heavy atom. The Bertz CT molecular complexity index is 840. The molecule has 0 aromatic carbocycles. The zero-order chi connectivity index (χ0) is 18.0. The first-order valence-electron chi connectivity index (χ1n) is 7.71. The van der Waals surface area contributed by atoms with Crippen molar-refractivity contribution in [1.29, 1.82) is 0 Å². The summed E-state index contributed by atoms with van der Waals surface area (Å²) in [6.45, 7) is 7.69. The van der Waals surface area contributed by atoms with Crippen LogP contribution in [0.5, 0.6) is 5.75 Å². The van der Waals surface area contributed by atoms with E-state index in [1.807, 2.05) is 13.8 Å². The molecule has 6 nitrogen and oxygen atoms in total. The largest absolute Gasteiger partial charge is 0.496 e. The standard InChI is InChI=1S/C18H23N3O3/c1-10-7-12(3)20-17(22)15(10)18(23)21(5)9-14-13(4)16(24-6)11(2)8-19-14/h7-8H,9H2,1-6H3,(H,20,22). The summed E-state index contributed by atoms with van der Waals surface area (Å²) in [7, 11) is 3.28. The number of aromatic nitrogens is 2. The zero-order valence-electron chi connectivity index (χ0n) is 15.0. The van der Waals surface area contributed by atoms with E-state index in [0.29, 0.717) is 12.1 Å². The van der Waals surface area contributed by atoms with Crippen LogP contribution in [0.25, 0.3) is 0 Å². The van der Waals surface area contributed by atoms with Crippen LogP contribution >= 0.6 is 0 Å². The van der Waals surface area contributed by atoms with Gasteiger partial charge in [0.05, 0.1) is 19.3 Å². The number of aryl methyl sites for hydroxylation is 3. The lowest BCUT2D eigenvalue weighted by atomic mass is 10.1. The summed E-state index contributed by atoms with van der Waals surface area (Å²) in [5.41, 5.74) is 3.78. The Kier molecular flexibility index (Phi) is 5.07. The molecule has 2 rings (SSSR count). The van der Waals surface area contributed by atoms with Crippen molar-refractivity contribution in [3.63, 3.8) is 0 Å². The zero-order valence-corrected chi connectivity index (χ0v) is 15.0. The lowest BCUT2D eigenvalue weighted by molar-refractivity contribution is 0.0780. The van der Waals surface area contributed by atoms with Gasteiger partial charge in [0.1, 0.15) is 11.3 Å². The van der Waals surface area contributed by atoms with Gasteiger partial charge in [-0.3, -0.25) is 14.6 Å². The van der Waals surface area contributed by atoms with Gasteiger partial charge in [-0.2, -0.15) is 0 Å². The second-order valence-electron chi connectivity index (χ2n) is 6.05. The molecule has 0 aliphatic heterocycles. The molecule has 0 saturated carbocycles. The molecule has 6 heteroatoms. The molecule has 2 aromatic heterocycles. The van der Waals surface area contributed by atoms with Gasteiger partial charge >= 0.3 is 0 Å². The number of pyridine rings is 2. The molecule has 0 saturated heterocycles. The van der Waals surface area contributed by atoms with Crippen LogP contribution in [-0.2, 0) is 6.54 Å². The number of hydrogen-bond acceptors (Lipinski definition) is 4. The lowest BCUT2D eigenvalue weighted by Crippen LogP contribution is -2.33. The Morgan fingerprint density at radius 2 is 1.92 bits per heavy atom. The van der Waals surface area contributed by atoms with E-state index in [0.717, 1.165) is 28.3 Å². The Morgan fingerprint density at radius 3 is 2.50 bits per heavy atom. The minimum atomic E-state index is -0.365. The fourth-order valence-electron chi connectivity index (χ4n) is 2.84. The monoisotopic (exact) mass is 329 g/mol. The normalized spacial score (nSPS) is 10.6. The first-order chi connectivity index (χ1) is 11.3. The summed E-state index contributed by atoms with van der Waals surface area (Å²) in [5, 5.41) is 0. The molecule has 0 bridgehead atoms. The SMILES string of the molecule is COc1c(C)cnc(CN(C)C(=O)c2c(C)cc(C)[nH]c2=O)c1C. The lowest BCUT2D eigenvalue weighted by Gasteiger charge is -2.20. The maximum atomic E-state index is 12.7. The molecule has 0 aliphatic carbocycles. The van der Waals surface area contributed by atoms with Gasteiger partial charge in [0, 0.05) is 30.1 Å². The summed E-state index contributed by atoms with van der Waals surface area (Å²) in [5.74, 6) is 0.444. The second-order valence-corrected chi connectivity index (χ2v) is 6.05. The van der Waals surface area contributed by atoms with Gasteiger partial charge in [-0.1, -0.05) is 0 Å². The summed E-state index contributed by atoms with van der Waals surface area (Å²) < 4.78 is 5.40. The highest BCUT2D eigenvalue weighted by molar-refractivity contribution is 5.95. The number of amides is 1. The van der Waals surface area contributed by atoms with Gasteiger partial charge in [-0.05, 0) is 39.3 Å². The van der Waals surface area contributed by atoms with E-state index in [9.17, 15) is 9.59 Å². The quantitative estimate of drug-likeness (QED) is 0.934. The van der Waals surface area contributed by atoms with Gasteiger partial charge in [-0.25, -0.2) is 0 Å². The molecule has 2 aromatic rings. The van der Waals surface area contributed by atoms with Crippen LogP contribution < -0.4 is 10.3 Å². The van der Waals surface area contributed by atoms with Crippen molar-refractivity contribution in [2.24, 2.45) is 0 Å². The number of hydrogen-bond donors (Lipinski definition) is 1. The molecule has 1 N–H and O–H groups in total. The van der Waals surface area contributed by atoms with Crippen molar-refractivity contribution < 1.29 is 9.53 Å². The molecule has 2 heterocycles. The molecule has 1 amide bonds. The maximum absolute atomic E-state index is 12.7. The maximum Gasteiger partial charge on any atom is 0.261 e. The van der Waals surface area contributed by atoms with Crippen molar-refractivity contribution in [2.75, 3.05) is 14.2 Å². The highest BCUT2D eigenvalue weighted by atomic mass is 16.5. The van der Waals surface area contributed by atoms with Gasteiger partial charge in [0.25, 0.3) is 11.5 Å². The predicted octanol–water partition coefficient (Wildman–Crippen LogP) is 2.28. The van der Waals surface area contributed by atoms with E-state index in [2.05, 4.69) is 9.97 Å². The fourth-order valence-corrected chi connectivity index (χ4v) is 2.84. The van der Waals surface area contributed by atoms with Gasteiger partial charge in [-0.15, -0.1) is 0 Å². The molecule has 128 valence electrons. The average molecular weight is 329 g/mol. The Balaban J connectivity index is 2.33. The van der Waals surface area contributed by atoms with Crippen LogP contribution in [-0.4, -0.2) is 34.9 Å². The fraction of sp³-hybridized carbons (Fsp3) is 0.389. The highest BCUT2D eigenvalue weighted by Gasteiger charge is 2.20. The molecule has 0 fully saturated rings. The van der Waals surface area contributed by atoms with E-state index in [1.165, 1.54) is 4.90 Å². The third-order valence-corrected chi connectivity index (χ3v) is 4.06. The molecule has 0 unspecified atom stereocenters. The third kappa shape index (κ3) is 3.32. The molecule has 0 aliphatic rings. The van der Waals surface area contributed by atoms with Gasteiger partial charge in [0.2, 0.25) is 0 Å². The van der Waals surface area contributed by atoms with Crippen molar-refractivity contribution >= 4 is 5.91 Å². The number of aromatic amines is 1. The minimum Gasteiger partial charge on any atom is -0.496 e. The van der Waals surface area contributed by atoms with Gasteiger partial charge < -0.3 is 14.6 Å². The van der Waals surface area contributed by atoms with Gasteiger partial charge in [0.15, 0.2) is 0 Å². The number of rotatable bonds is 4. The first kappa shape index (κ1) is 17.7. The molecule has 0 atom stereocenters. The molecule has 0 spiro atoms. The summed E-state index contributed by atoms with van der Waals surface area (Å²) in [6, 6.07) is 1.79. The smallest absolute Gasteiger partial charge is 0.261 e. The number of methoxy groups -OCH3 is 1. The first-order valence-corrected chi connectivity index (χ1v) is 7.71. The third-order valence-electron chi connectivity index (χ3n) is 4.06. The average Bonchev–Trinajstić information content (AvgIpc) is 2.49. The summed E-state index contributed by atoms with van der Waals surface area (Å²) in [6.07, 6.45) is 1.73. The molecular formula is C18H23N3O3. The van der Waals surface area contributed by atoms with Crippen LogP contribution in [0.15, 0.2) is 17.1 Å². The number of carbonyl (C=O) groups is 1. The molecule has 24 heavy (non-hydrogen) atoms. The van der Waals surface area contributed by atoms with Crippen molar-refractivity contribution in [1.82, 2.24) is 14.9 Å². The van der Waals surface area contributed by atoms with Crippen LogP contribution in [0.4, 0.5) is 0 Å². The second kappa shape index (κ2) is 6.86. The van der Waals surface area contributed by atoms with Crippen molar-refractivity contribution in [3.05, 3.63) is 56.3 Å². The van der Waals surface area contributed by atoms with E-state index >= 15 is 0 Å². The molecular weight excluding hydrogens is 306 g/mol. The Hall–Kier alpha value is -2.63. The van der Waals surface area contributed by atoms with E-state index < -0.39 is 0 Å². The molecule has 0 radical (unpaired) electrons. The van der Waals surface area contributed by atoms with E-state index in [4.69, 9.17) is 4.74 Å². The van der Waals surface area contributed by atoms with Crippen LogP contribution in [0, 0.1) is 27.7 Å². The highest BCUT2D eigenvalue weighted by Crippen LogP contribution is 2.24. The van der Waals surface area contributed by atoms with Crippen LogP contribution in [0.3, 0.4) is 0 Å². The number of ether oxygens (including phenoxy) is 1. The van der Waals surface area contributed by atoms with E-state index in [1.54, 1.807) is 40.3 Å². The Labute approximate surface area is 141 Å². The van der Waals surface area contributed by atoms with Crippen molar-refractivity contribution in [2.45, 2.75) is 34.2 Å². The summed E-state index contributed by atoms with van der Waals surface area (Å²) >= 11 is 0. The topological polar surface area (TPSA) is 75.3 Å². The number of carbonyl (C=O) groups excluding carboxylic acids is 1. The van der Waals surface area contributed by atoms with Crippen LogP contribution in [0.2, 0.25) is 0 Å². The number of nitrogens with one attached hydrogen (secondary N) is 1. The van der Waals surface area contributed by atoms with Crippen molar-refractivity contribution in [3.8, 4) is 5.75 Å². The van der Waals surface area contributed by atoms with Crippen LogP contribution in [0.1, 0.15) is 38.4 Å².